The number of nitrogens with zero attached hydrogens (tertiary/aromatic N) is 1. The highest BCUT2D eigenvalue weighted by Crippen LogP contribution is 2.30. The van der Waals surface area contributed by atoms with Crippen molar-refractivity contribution in [3.8, 4) is 11.5 Å². The summed E-state index contributed by atoms with van der Waals surface area (Å²) >= 11 is 0. The highest BCUT2D eigenvalue weighted by molar-refractivity contribution is 5.95. The lowest BCUT2D eigenvalue weighted by atomic mass is 10.2. The minimum absolute atomic E-state index is 0.0308. The minimum Gasteiger partial charge on any atom is -0.490 e. The second-order valence-corrected chi connectivity index (χ2v) is 5.56. The van der Waals surface area contributed by atoms with E-state index < -0.39 is 18.5 Å². The summed E-state index contributed by atoms with van der Waals surface area (Å²) in [5.41, 5.74) is 0.736. The number of nitrogens with one attached hydrogen (secondary N) is 2. The Hall–Kier alpha value is -2.46. The van der Waals surface area contributed by atoms with E-state index in [1.165, 1.54) is 13.2 Å². The smallest absolute Gasteiger partial charge is 0.387 e. The van der Waals surface area contributed by atoms with Gasteiger partial charge in [0.2, 0.25) is 5.91 Å². The summed E-state index contributed by atoms with van der Waals surface area (Å²) in [6, 6.07) is 3.97. The van der Waals surface area contributed by atoms with E-state index >= 15 is 0 Å². The number of hydrogen-bond donors (Lipinski definition) is 2. The van der Waals surface area contributed by atoms with Crippen LogP contribution >= 0.6 is 0 Å². The fourth-order valence-electron chi connectivity index (χ4n) is 2.20. The van der Waals surface area contributed by atoms with Crippen LogP contribution < -0.4 is 20.1 Å². The quantitative estimate of drug-likeness (QED) is 0.559. The molecule has 0 unspecified atom stereocenters. The van der Waals surface area contributed by atoms with E-state index in [2.05, 4.69) is 15.4 Å². The number of amides is 3. The van der Waals surface area contributed by atoms with Gasteiger partial charge in [0.15, 0.2) is 11.5 Å². The first-order valence-corrected chi connectivity index (χ1v) is 8.31. The SMILES string of the molecule is CCOc1cc(CN(C)CC(=O)NC(=O)NCCOC)ccc1OC(F)F. The van der Waals surface area contributed by atoms with E-state index in [0.717, 1.165) is 5.56 Å². The monoisotopic (exact) mass is 389 g/mol. The number of carbonyl (C=O) groups is 2. The van der Waals surface area contributed by atoms with Crippen LogP contribution in [0.3, 0.4) is 0 Å². The second kappa shape index (κ2) is 12.0. The standard InChI is InChI=1S/C17H25F2N3O5/c1-4-26-14-9-12(5-6-13(14)27-16(18)19)10-22(2)11-15(23)21-17(24)20-7-8-25-3/h5-6,9,16H,4,7-8,10-11H2,1-3H3,(H2,20,21,23,24). The van der Waals surface area contributed by atoms with Crippen molar-refractivity contribution in [2.45, 2.75) is 20.1 Å². The van der Waals surface area contributed by atoms with E-state index in [9.17, 15) is 18.4 Å². The van der Waals surface area contributed by atoms with Crippen LogP contribution in [0.25, 0.3) is 0 Å². The van der Waals surface area contributed by atoms with Gasteiger partial charge in [0, 0.05) is 20.2 Å². The molecule has 0 heterocycles. The van der Waals surface area contributed by atoms with E-state index in [1.807, 2.05) is 0 Å². The van der Waals surface area contributed by atoms with Gasteiger partial charge in [-0.25, -0.2) is 4.79 Å². The van der Waals surface area contributed by atoms with Crippen LogP contribution in [0.15, 0.2) is 18.2 Å². The molecule has 152 valence electrons. The maximum atomic E-state index is 12.4. The largest absolute Gasteiger partial charge is 0.490 e. The summed E-state index contributed by atoms with van der Waals surface area (Å²) in [4.78, 5) is 25.0. The average molecular weight is 389 g/mol. The predicted octanol–water partition coefficient (Wildman–Crippen LogP) is 1.59. The Morgan fingerprint density at radius 1 is 1.26 bits per heavy atom. The molecular formula is C17H25F2N3O5. The lowest BCUT2D eigenvalue weighted by Gasteiger charge is -2.18. The molecule has 8 nitrogen and oxygen atoms in total. The summed E-state index contributed by atoms with van der Waals surface area (Å²) in [6.45, 7) is 0.0154. The number of halogens is 2. The minimum atomic E-state index is -2.95. The Morgan fingerprint density at radius 3 is 2.63 bits per heavy atom. The van der Waals surface area contributed by atoms with E-state index in [0.29, 0.717) is 26.3 Å². The van der Waals surface area contributed by atoms with Crippen molar-refractivity contribution in [3.05, 3.63) is 23.8 Å². The topological polar surface area (TPSA) is 89.1 Å². The first-order chi connectivity index (χ1) is 12.8. The Labute approximate surface area is 156 Å². The molecule has 0 aromatic heterocycles. The first-order valence-electron chi connectivity index (χ1n) is 8.31. The van der Waals surface area contributed by atoms with Crippen LogP contribution in [0.4, 0.5) is 13.6 Å². The number of hydrogen-bond acceptors (Lipinski definition) is 6. The van der Waals surface area contributed by atoms with Gasteiger partial charge >= 0.3 is 12.6 Å². The molecule has 0 spiro atoms. The molecule has 0 saturated heterocycles. The summed E-state index contributed by atoms with van der Waals surface area (Å²) in [5.74, 6) is -0.329. The molecule has 0 aliphatic rings. The third kappa shape index (κ3) is 9.15. The summed E-state index contributed by atoms with van der Waals surface area (Å²) < 4.78 is 39.4. The van der Waals surface area contributed by atoms with E-state index in [-0.39, 0.29) is 18.0 Å². The molecule has 0 radical (unpaired) electrons. The normalized spacial score (nSPS) is 10.8. The van der Waals surface area contributed by atoms with Crippen LogP contribution in [0.2, 0.25) is 0 Å². The number of alkyl halides is 2. The zero-order valence-electron chi connectivity index (χ0n) is 15.6. The number of urea groups is 1. The van der Waals surface area contributed by atoms with Gasteiger partial charge in [0.1, 0.15) is 0 Å². The Balaban J connectivity index is 2.57. The highest BCUT2D eigenvalue weighted by atomic mass is 19.3. The fraction of sp³-hybridized carbons (Fsp3) is 0.529. The van der Waals surface area contributed by atoms with E-state index in [4.69, 9.17) is 9.47 Å². The van der Waals surface area contributed by atoms with Gasteiger partial charge in [0.05, 0.1) is 19.8 Å². The van der Waals surface area contributed by atoms with Gasteiger partial charge in [0.25, 0.3) is 0 Å². The number of rotatable bonds is 11. The molecule has 0 saturated carbocycles. The molecule has 0 aliphatic carbocycles. The van der Waals surface area contributed by atoms with Crippen molar-refractivity contribution < 1.29 is 32.6 Å². The molecule has 27 heavy (non-hydrogen) atoms. The zero-order chi connectivity index (χ0) is 20.2. The van der Waals surface area contributed by atoms with Crippen LogP contribution in [-0.2, 0) is 16.1 Å². The zero-order valence-corrected chi connectivity index (χ0v) is 15.6. The Kier molecular flexibility index (Phi) is 10.1. The number of ether oxygens (including phenoxy) is 3. The third-order valence-corrected chi connectivity index (χ3v) is 3.23. The van der Waals surface area contributed by atoms with Gasteiger partial charge in [-0.1, -0.05) is 6.07 Å². The van der Waals surface area contributed by atoms with Crippen molar-refractivity contribution in [1.82, 2.24) is 15.5 Å². The van der Waals surface area contributed by atoms with E-state index in [1.54, 1.807) is 31.0 Å². The fourth-order valence-corrected chi connectivity index (χ4v) is 2.20. The van der Waals surface area contributed by atoms with Crippen LogP contribution in [-0.4, -0.2) is 63.9 Å². The van der Waals surface area contributed by atoms with Crippen LogP contribution in [0.1, 0.15) is 12.5 Å². The molecular weight excluding hydrogens is 364 g/mol. The molecule has 0 aliphatic heterocycles. The number of methoxy groups -OCH3 is 1. The second-order valence-electron chi connectivity index (χ2n) is 5.56. The van der Waals surface area contributed by atoms with Gasteiger partial charge in [-0.15, -0.1) is 0 Å². The average Bonchev–Trinajstić information content (AvgIpc) is 2.57. The molecule has 0 bridgehead atoms. The van der Waals surface area contributed by atoms with Crippen molar-refractivity contribution in [2.24, 2.45) is 0 Å². The van der Waals surface area contributed by atoms with Crippen molar-refractivity contribution >= 4 is 11.9 Å². The maximum Gasteiger partial charge on any atom is 0.387 e. The van der Waals surface area contributed by atoms with Crippen molar-refractivity contribution in [3.63, 3.8) is 0 Å². The van der Waals surface area contributed by atoms with Gasteiger partial charge in [-0.3, -0.25) is 15.0 Å². The van der Waals surface area contributed by atoms with Gasteiger partial charge < -0.3 is 19.5 Å². The third-order valence-electron chi connectivity index (χ3n) is 3.23. The highest BCUT2D eigenvalue weighted by Gasteiger charge is 2.14. The maximum absolute atomic E-state index is 12.4. The Morgan fingerprint density at radius 2 is 2.00 bits per heavy atom. The number of benzene rings is 1. The Bertz CT molecular complexity index is 616. The summed E-state index contributed by atoms with van der Waals surface area (Å²) in [5, 5.41) is 4.68. The molecule has 1 aromatic carbocycles. The number of imide groups is 1. The van der Waals surface area contributed by atoms with Gasteiger partial charge in [-0.2, -0.15) is 8.78 Å². The number of likely N-dealkylation sites (N-methyl/N-ethyl adjacent to an activating group) is 1. The molecule has 0 fully saturated rings. The molecule has 3 amide bonds. The van der Waals surface area contributed by atoms with Crippen LogP contribution in [0, 0.1) is 0 Å². The molecule has 2 N–H and O–H groups in total. The molecule has 10 heteroatoms. The summed E-state index contributed by atoms with van der Waals surface area (Å²) in [7, 11) is 3.19. The van der Waals surface area contributed by atoms with Crippen molar-refractivity contribution in [2.75, 3.05) is 40.5 Å². The lowest BCUT2D eigenvalue weighted by Crippen LogP contribution is -2.44. The van der Waals surface area contributed by atoms with Crippen molar-refractivity contribution in [1.29, 1.82) is 0 Å². The molecule has 1 aromatic rings. The predicted molar refractivity (Wildman–Crippen MR) is 94.0 cm³/mol. The van der Waals surface area contributed by atoms with Gasteiger partial charge in [-0.05, 0) is 31.7 Å². The molecule has 0 atom stereocenters. The van der Waals surface area contributed by atoms with Crippen LogP contribution in [0.5, 0.6) is 11.5 Å². The molecule has 1 rings (SSSR count). The first kappa shape index (κ1) is 22.6. The lowest BCUT2D eigenvalue weighted by molar-refractivity contribution is -0.121. The number of carbonyl (C=O) groups excluding carboxylic acids is 2. The summed E-state index contributed by atoms with van der Waals surface area (Å²) in [6.07, 6.45) is 0.